The van der Waals surface area contributed by atoms with Gasteiger partial charge in [-0.15, -0.1) is 0 Å². The van der Waals surface area contributed by atoms with Crippen molar-refractivity contribution < 1.29 is 19.5 Å². The van der Waals surface area contributed by atoms with E-state index in [1.54, 1.807) is 42.5 Å². The number of hydrogen-bond acceptors (Lipinski definition) is 4. The van der Waals surface area contributed by atoms with Crippen LogP contribution >= 0.6 is 0 Å². The van der Waals surface area contributed by atoms with Gasteiger partial charge in [-0.25, -0.2) is 9.69 Å². The van der Waals surface area contributed by atoms with Crippen molar-refractivity contribution >= 4 is 17.8 Å². The molecule has 1 fully saturated rings. The number of nitrogens with two attached hydrogens (primary N) is 1. The highest BCUT2D eigenvalue weighted by Gasteiger charge is 2.44. The predicted octanol–water partition coefficient (Wildman–Crippen LogP) is 1.08. The van der Waals surface area contributed by atoms with Crippen LogP contribution in [0.25, 0.3) is 0 Å². The van der Waals surface area contributed by atoms with Crippen molar-refractivity contribution in [2.24, 2.45) is 5.73 Å². The Bertz CT molecular complexity index is 805. The number of primary amides is 1. The van der Waals surface area contributed by atoms with Crippen LogP contribution in [0.4, 0.5) is 4.79 Å². The predicted molar refractivity (Wildman–Crippen MR) is 89.4 cm³/mol. The summed E-state index contributed by atoms with van der Waals surface area (Å²) in [4.78, 5) is 37.8. The second-order valence-electron chi connectivity index (χ2n) is 5.79. The van der Waals surface area contributed by atoms with E-state index in [-0.39, 0.29) is 12.2 Å². The fourth-order valence-electron chi connectivity index (χ4n) is 2.83. The lowest BCUT2D eigenvalue weighted by Gasteiger charge is -2.22. The number of phenolic OH excluding ortho intramolecular Hbond substituents is 1. The van der Waals surface area contributed by atoms with Crippen LogP contribution in [-0.4, -0.2) is 33.9 Å². The highest BCUT2D eigenvalue weighted by atomic mass is 16.3. The zero-order valence-corrected chi connectivity index (χ0v) is 13.3. The van der Waals surface area contributed by atoms with Crippen molar-refractivity contribution in [2.45, 2.75) is 18.5 Å². The molecule has 4 amide bonds. The Morgan fingerprint density at radius 2 is 1.76 bits per heavy atom. The molecule has 1 aliphatic heterocycles. The van der Waals surface area contributed by atoms with E-state index in [1.165, 1.54) is 12.1 Å². The van der Waals surface area contributed by atoms with Crippen molar-refractivity contribution in [1.82, 2.24) is 10.2 Å². The molecule has 0 bridgehead atoms. The van der Waals surface area contributed by atoms with Gasteiger partial charge < -0.3 is 16.2 Å². The lowest BCUT2D eigenvalue weighted by Crippen LogP contribution is -2.49. The Labute approximate surface area is 144 Å². The SMILES string of the molecule is NC(=O)[C@@H](Cc1ccc(O)cc1)N1C(=O)N[C@@H](c2ccccc2)C1=O. The largest absolute Gasteiger partial charge is 0.508 e. The van der Waals surface area contributed by atoms with E-state index >= 15 is 0 Å². The molecule has 128 valence electrons. The third-order valence-electron chi connectivity index (χ3n) is 4.11. The number of hydrogen-bond donors (Lipinski definition) is 3. The number of benzene rings is 2. The van der Waals surface area contributed by atoms with Gasteiger partial charge in [-0.2, -0.15) is 0 Å². The average molecular weight is 339 g/mol. The Morgan fingerprint density at radius 1 is 1.12 bits per heavy atom. The fourth-order valence-corrected chi connectivity index (χ4v) is 2.83. The van der Waals surface area contributed by atoms with Crippen LogP contribution in [-0.2, 0) is 16.0 Å². The molecule has 1 heterocycles. The van der Waals surface area contributed by atoms with Crippen LogP contribution in [0.2, 0.25) is 0 Å². The Morgan fingerprint density at radius 3 is 2.36 bits per heavy atom. The Hall–Kier alpha value is -3.35. The number of imide groups is 1. The first-order valence-electron chi connectivity index (χ1n) is 7.73. The van der Waals surface area contributed by atoms with Gasteiger partial charge in [-0.1, -0.05) is 42.5 Å². The fraction of sp³-hybridized carbons (Fsp3) is 0.167. The molecule has 4 N–H and O–H groups in total. The molecule has 1 aliphatic rings. The molecule has 2 atom stereocenters. The molecule has 0 radical (unpaired) electrons. The number of carbonyl (C=O) groups is 3. The summed E-state index contributed by atoms with van der Waals surface area (Å²) in [7, 11) is 0. The summed E-state index contributed by atoms with van der Waals surface area (Å²) in [6.45, 7) is 0. The van der Waals surface area contributed by atoms with Crippen LogP contribution in [0, 0.1) is 0 Å². The maximum absolute atomic E-state index is 12.7. The number of rotatable bonds is 5. The second-order valence-corrected chi connectivity index (χ2v) is 5.79. The first-order chi connectivity index (χ1) is 12.0. The first kappa shape index (κ1) is 16.5. The maximum Gasteiger partial charge on any atom is 0.325 e. The lowest BCUT2D eigenvalue weighted by atomic mass is 10.0. The molecule has 0 aromatic heterocycles. The summed E-state index contributed by atoms with van der Waals surface area (Å²) >= 11 is 0. The van der Waals surface area contributed by atoms with Gasteiger partial charge in [0.25, 0.3) is 5.91 Å². The average Bonchev–Trinajstić information content (AvgIpc) is 2.89. The van der Waals surface area contributed by atoms with E-state index in [0.29, 0.717) is 11.1 Å². The summed E-state index contributed by atoms with van der Waals surface area (Å²) in [6, 6.07) is 12.3. The number of urea groups is 1. The summed E-state index contributed by atoms with van der Waals surface area (Å²) in [5, 5.41) is 11.9. The molecule has 0 unspecified atom stereocenters. The van der Waals surface area contributed by atoms with Gasteiger partial charge in [-0.05, 0) is 23.3 Å². The normalized spacial score (nSPS) is 18.1. The topological polar surface area (TPSA) is 113 Å². The van der Waals surface area contributed by atoms with Gasteiger partial charge in [0.05, 0.1) is 0 Å². The molecule has 1 saturated heterocycles. The summed E-state index contributed by atoms with van der Waals surface area (Å²) in [5.74, 6) is -1.21. The second kappa shape index (κ2) is 6.64. The number of nitrogens with one attached hydrogen (secondary N) is 1. The van der Waals surface area contributed by atoms with E-state index in [9.17, 15) is 19.5 Å². The van der Waals surface area contributed by atoms with Crippen LogP contribution in [0.3, 0.4) is 0 Å². The zero-order valence-electron chi connectivity index (χ0n) is 13.3. The van der Waals surface area contributed by atoms with Gasteiger partial charge in [0.15, 0.2) is 0 Å². The van der Waals surface area contributed by atoms with Gasteiger partial charge in [0.1, 0.15) is 17.8 Å². The van der Waals surface area contributed by atoms with Gasteiger partial charge in [0.2, 0.25) is 5.91 Å². The van der Waals surface area contributed by atoms with Crippen molar-refractivity contribution in [3.05, 3.63) is 65.7 Å². The molecular formula is C18H17N3O4. The molecule has 2 aromatic rings. The zero-order chi connectivity index (χ0) is 18.0. The third-order valence-corrected chi connectivity index (χ3v) is 4.11. The molecule has 2 aromatic carbocycles. The summed E-state index contributed by atoms with van der Waals surface area (Å²) in [6.07, 6.45) is 0.0796. The van der Waals surface area contributed by atoms with Crippen LogP contribution < -0.4 is 11.1 Å². The van der Waals surface area contributed by atoms with Crippen LogP contribution in [0.15, 0.2) is 54.6 Å². The summed E-state index contributed by atoms with van der Waals surface area (Å²) < 4.78 is 0. The van der Waals surface area contributed by atoms with E-state index in [4.69, 9.17) is 5.73 Å². The minimum atomic E-state index is -1.11. The first-order valence-corrected chi connectivity index (χ1v) is 7.73. The number of carbonyl (C=O) groups excluding carboxylic acids is 3. The van der Waals surface area contributed by atoms with E-state index in [1.807, 2.05) is 0 Å². The van der Waals surface area contributed by atoms with Crippen molar-refractivity contribution in [2.75, 3.05) is 0 Å². The Kier molecular flexibility index (Phi) is 4.38. The van der Waals surface area contributed by atoms with Crippen LogP contribution in [0.5, 0.6) is 5.75 Å². The van der Waals surface area contributed by atoms with Crippen LogP contribution in [0.1, 0.15) is 17.2 Å². The van der Waals surface area contributed by atoms with E-state index in [0.717, 1.165) is 4.90 Å². The lowest BCUT2D eigenvalue weighted by molar-refractivity contribution is -0.134. The molecule has 0 saturated carbocycles. The molecular weight excluding hydrogens is 322 g/mol. The molecule has 3 rings (SSSR count). The van der Waals surface area contributed by atoms with Gasteiger partial charge in [0, 0.05) is 6.42 Å². The summed E-state index contributed by atoms with van der Waals surface area (Å²) in [5.41, 5.74) is 6.75. The molecule has 0 aliphatic carbocycles. The molecule has 7 heteroatoms. The van der Waals surface area contributed by atoms with E-state index in [2.05, 4.69) is 5.32 Å². The minimum absolute atomic E-state index is 0.0796. The number of aromatic hydroxyl groups is 1. The maximum atomic E-state index is 12.7. The van der Waals surface area contributed by atoms with Gasteiger partial charge in [-0.3, -0.25) is 9.59 Å². The standard InChI is InChI=1S/C18H17N3O4/c19-16(23)14(10-11-6-8-13(22)9-7-11)21-17(24)15(20-18(21)25)12-4-2-1-3-5-12/h1-9,14-15,22H,10H2,(H2,19,23)(H,20,25)/t14-,15+/m1/s1. The van der Waals surface area contributed by atoms with E-state index < -0.39 is 29.9 Å². The van der Waals surface area contributed by atoms with Crippen molar-refractivity contribution in [3.8, 4) is 5.75 Å². The van der Waals surface area contributed by atoms with Gasteiger partial charge >= 0.3 is 6.03 Å². The Balaban J connectivity index is 1.86. The van der Waals surface area contributed by atoms with Crippen molar-refractivity contribution in [3.63, 3.8) is 0 Å². The smallest absolute Gasteiger partial charge is 0.325 e. The molecule has 0 spiro atoms. The monoisotopic (exact) mass is 339 g/mol. The minimum Gasteiger partial charge on any atom is -0.508 e. The molecule has 7 nitrogen and oxygen atoms in total. The molecule has 25 heavy (non-hydrogen) atoms. The highest BCUT2D eigenvalue weighted by Crippen LogP contribution is 2.25. The number of phenols is 1. The highest BCUT2D eigenvalue weighted by molar-refractivity contribution is 6.07. The number of amides is 4. The quantitative estimate of drug-likeness (QED) is 0.708. The van der Waals surface area contributed by atoms with Crippen molar-refractivity contribution in [1.29, 1.82) is 0 Å². The third kappa shape index (κ3) is 3.30. The number of nitrogens with zero attached hydrogens (tertiary/aromatic N) is 1.